The van der Waals surface area contributed by atoms with Gasteiger partial charge in [0.25, 0.3) is 0 Å². The SMILES string of the molecule is COCC(O)CNC(CO)Cc1ccccc1. The highest BCUT2D eigenvalue weighted by molar-refractivity contribution is 5.15. The molecule has 0 amide bonds. The van der Waals surface area contributed by atoms with Crippen LogP contribution in [0.2, 0.25) is 0 Å². The summed E-state index contributed by atoms with van der Waals surface area (Å²) in [5.41, 5.74) is 1.17. The zero-order chi connectivity index (χ0) is 12.5. The van der Waals surface area contributed by atoms with Gasteiger partial charge in [0.2, 0.25) is 0 Å². The summed E-state index contributed by atoms with van der Waals surface area (Å²) >= 11 is 0. The van der Waals surface area contributed by atoms with Crippen molar-refractivity contribution in [2.24, 2.45) is 0 Å². The third-order valence-electron chi connectivity index (χ3n) is 2.55. The van der Waals surface area contributed by atoms with Crippen molar-refractivity contribution in [2.45, 2.75) is 18.6 Å². The number of benzene rings is 1. The molecule has 0 radical (unpaired) electrons. The summed E-state index contributed by atoms with van der Waals surface area (Å²) in [6.45, 7) is 0.775. The van der Waals surface area contributed by atoms with E-state index in [1.54, 1.807) is 7.11 Å². The summed E-state index contributed by atoms with van der Waals surface area (Å²) in [7, 11) is 1.55. The fourth-order valence-corrected chi connectivity index (χ4v) is 1.65. The van der Waals surface area contributed by atoms with Gasteiger partial charge in [0.15, 0.2) is 0 Å². The molecule has 0 bridgehead atoms. The van der Waals surface area contributed by atoms with E-state index in [1.807, 2.05) is 30.3 Å². The Morgan fingerprint density at radius 1 is 1.29 bits per heavy atom. The average Bonchev–Trinajstić information content (AvgIpc) is 2.36. The molecule has 0 spiro atoms. The minimum absolute atomic E-state index is 0.0380. The van der Waals surface area contributed by atoms with E-state index in [0.717, 1.165) is 6.42 Å². The van der Waals surface area contributed by atoms with Gasteiger partial charge in [0.05, 0.1) is 19.3 Å². The van der Waals surface area contributed by atoms with Gasteiger partial charge in [0.1, 0.15) is 0 Å². The van der Waals surface area contributed by atoms with E-state index in [0.29, 0.717) is 13.2 Å². The predicted molar refractivity (Wildman–Crippen MR) is 66.9 cm³/mol. The number of rotatable bonds is 8. The first-order valence-corrected chi connectivity index (χ1v) is 5.81. The van der Waals surface area contributed by atoms with Gasteiger partial charge in [-0.15, -0.1) is 0 Å². The van der Waals surface area contributed by atoms with E-state index in [-0.39, 0.29) is 12.6 Å². The van der Waals surface area contributed by atoms with Gasteiger partial charge >= 0.3 is 0 Å². The van der Waals surface area contributed by atoms with Crippen LogP contribution in [0.5, 0.6) is 0 Å². The largest absolute Gasteiger partial charge is 0.395 e. The Morgan fingerprint density at radius 2 is 2.00 bits per heavy atom. The summed E-state index contributed by atoms with van der Waals surface area (Å²) < 4.78 is 4.84. The van der Waals surface area contributed by atoms with Crippen molar-refractivity contribution in [2.75, 3.05) is 26.9 Å². The van der Waals surface area contributed by atoms with E-state index >= 15 is 0 Å². The van der Waals surface area contributed by atoms with Gasteiger partial charge < -0.3 is 20.3 Å². The van der Waals surface area contributed by atoms with Gasteiger partial charge in [-0.05, 0) is 12.0 Å². The van der Waals surface area contributed by atoms with Crippen molar-refractivity contribution in [3.05, 3.63) is 35.9 Å². The summed E-state index contributed by atoms with van der Waals surface area (Å²) in [5.74, 6) is 0. The molecule has 3 N–H and O–H groups in total. The summed E-state index contributed by atoms with van der Waals surface area (Å²) in [6.07, 6.45) is 0.210. The maximum absolute atomic E-state index is 9.49. The lowest BCUT2D eigenvalue weighted by molar-refractivity contribution is 0.0608. The van der Waals surface area contributed by atoms with E-state index in [2.05, 4.69) is 5.32 Å². The smallest absolute Gasteiger partial charge is 0.0897 e. The van der Waals surface area contributed by atoms with Crippen LogP contribution in [0.1, 0.15) is 5.56 Å². The second-order valence-electron chi connectivity index (χ2n) is 4.09. The maximum Gasteiger partial charge on any atom is 0.0897 e. The Kier molecular flexibility index (Phi) is 6.81. The summed E-state index contributed by atoms with van der Waals surface area (Å²) in [5, 5.41) is 21.9. The van der Waals surface area contributed by atoms with Gasteiger partial charge in [0, 0.05) is 19.7 Å². The van der Waals surface area contributed by atoms with Crippen LogP contribution >= 0.6 is 0 Å². The van der Waals surface area contributed by atoms with Crippen molar-refractivity contribution in [1.29, 1.82) is 0 Å². The third kappa shape index (κ3) is 5.79. The molecule has 0 aliphatic carbocycles. The monoisotopic (exact) mass is 239 g/mol. The molecule has 1 aromatic carbocycles. The highest BCUT2D eigenvalue weighted by Gasteiger charge is 2.10. The van der Waals surface area contributed by atoms with E-state index < -0.39 is 6.10 Å². The van der Waals surface area contributed by atoms with Crippen LogP contribution in [0.15, 0.2) is 30.3 Å². The van der Waals surface area contributed by atoms with Gasteiger partial charge in [-0.1, -0.05) is 30.3 Å². The molecule has 0 saturated heterocycles. The maximum atomic E-state index is 9.49. The predicted octanol–water partition coefficient (Wildman–Crippen LogP) is 0.187. The number of hydrogen-bond donors (Lipinski definition) is 3. The Balaban J connectivity index is 2.34. The number of aliphatic hydroxyl groups is 2. The standard InChI is InChI=1S/C13H21NO3/c1-17-10-13(16)8-14-12(9-15)7-11-5-3-2-4-6-11/h2-6,12-16H,7-10H2,1H3. The first kappa shape index (κ1) is 14.1. The Hall–Kier alpha value is -0.940. The number of nitrogens with one attached hydrogen (secondary N) is 1. The fraction of sp³-hybridized carbons (Fsp3) is 0.538. The molecule has 4 heteroatoms. The average molecular weight is 239 g/mol. The second-order valence-corrected chi connectivity index (χ2v) is 4.09. The van der Waals surface area contributed by atoms with Gasteiger partial charge in [-0.2, -0.15) is 0 Å². The third-order valence-corrected chi connectivity index (χ3v) is 2.55. The number of hydrogen-bond acceptors (Lipinski definition) is 4. The molecule has 17 heavy (non-hydrogen) atoms. The summed E-state index contributed by atoms with van der Waals surface area (Å²) in [4.78, 5) is 0. The van der Waals surface area contributed by atoms with Crippen LogP contribution in [-0.2, 0) is 11.2 Å². The lowest BCUT2D eigenvalue weighted by atomic mass is 10.1. The Bertz CT molecular complexity index is 292. The molecule has 1 aromatic rings. The lowest BCUT2D eigenvalue weighted by Crippen LogP contribution is -2.40. The molecule has 96 valence electrons. The summed E-state index contributed by atoms with van der Waals surface area (Å²) in [6, 6.07) is 9.93. The highest BCUT2D eigenvalue weighted by Crippen LogP contribution is 2.02. The van der Waals surface area contributed by atoms with Crippen molar-refractivity contribution in [3.8, 4) is 0 Å². The molecule has 4 nitrogen and oxygen atoms in total. The first-order valence-electron chi connectivity index (χ1n) is 5.81. The molecule has 0 aliphatic rings. The highest BCUT2D eigenvalue weighted by atomic mass is 16.5. The van der Waals surface area contributed by atoms with Crippen molar-refractivity contribution in [1.82, 2.24) is 5.32 Å². The fourth-order valence-electron chi connectivity index (χ4n) is 1.65. The normalized spacial score (nSPS) is 14.5. The number of ether oxygens (including phenoxy) is 1. The minimum Gasteiger partial charge on any atom is -0.395 e. The van der Waals surface area contributed by atoms with Crippen molar-refractivity contribution < 1.29 is 14.9 Å². The molecule has 2 unspecified atom stereocenters. The first-order chi connectivity index (χ1) is 8.26. The number of aliphatic hydroxyl groups excluding tert-OH is 2. The van der Waals surface area contributed by atoms with E-state index in [1.165, 1.54) is 5.56 Å². The molecule has 2 atom stereocenters. The van der Waals surface area contributed by atoms with Crippen molar-refractivity contribution >= 4 is 0 Å². The van der Waals surface area contributed by atoms with Crippen LogP contribution < -0.4 is 5.32 Å². The lowest BCUT2D eigenvalue weighted by Gasteiger charge is -2.18. The molecule has 0 saturated carbocycles. The van der Waals surface area contributed by atoms with E-state index in [4.69, 9.17) is 4.74 Å². The quantitative estimate of drug-likeness (QED) is 0.606. The molecular formula is C13H21NO3. The Labute approximate surface area is 102 Å². The van der Waals surface area contributed by atoms with Crippen LogP contribution in [0, 0.1) is 0 Å². The molecular weight excluding hydrogens is 218 g/mol. The Morgan fingerprint density at radius 3 is 2.59 bits per heavy atom. The zero-order valence-electron chi connectivity index (χ0n) is 10.2. The topological polar surface area (TPSA) is 61.7 Å². The second kappa shape index (κ2) is 8.20. The molecule has 0 aliphatic heterocycles. The van der Waals surface area contributed by atoms with Gasteiger partial charge in [-0.25, -0.2) is 0 Å². The molecule has 0 fully saturated rings. The van der Waals surface area contributed by atoms with E-state index in [9.17, 15) is 10.2 Å². The molecule has 0 aromatic heterocycles. The van der Waals surface area contributed by atoms with Crippen LogP contribution in [-0.4, -0.2) is 49.2 Å². The van der Waals surface area contributed by atoms with Crippen molar-refractivity contribution in [3.63, 3.8) is 0 Å². The number of methoxy groups -OCH3 is 1. The van der Waals surface area contributed by atoms with Gasteiger partial charge in [-0.3, -0.25) is 0 Å². The minimum atomic E-state index is -0.537. The molecule has 0 heterocycles. The van der Waals surface area contributed by atoms with Crippen LogP contribution in [0.25, 0.3) is 0 Å². The van der Waals surface area contributed by atoms with Crippen LogP contribution in [0.3, 0.4) is 0 Å². The zero-order valence-corrected chi connectivity index (χ0v) is 10.2. The van der Waals surface area contributed by atoms with Crippen LogP contribution in [0.4, 0.5) is 0 Å². The molecule has 1 rings (SSSR count).